The number of carbonyl (C=O) groups is 2. The largest absolute Gasteiger partial charge is 0.497 e. The van der Waals surface area contributed by atoms with E-state index >= 15 is 0 Å². The average Bonchev–Trinajstić information content (AvgIpc) is 3.65. The van der Waals surface area contributed by atoms with Crippen LogP contribution in [-0.4, -0.2) is 56.2 Å². The van der Waals surface area contributed by atoms with Gasteiger partial charge >= 0.3 is 5.97 Å². The van der Waals surface area contributed by atoms with E-state index in [0.717, 1.165) is 28.4 Å². The molecule has 2 aromatic rings. The number of ether oxygens (including phenoxy) is 2. The van der Waals surface area contributed by atoms with Crippen molar-refractivity contribution in [3.8, 4) is 5.75 Å². The van der Waals surface area contributed by atoms with Gasteiger partial charge in [0.1, 0.15) is 5.75 Å². The predicted molar refractivity (Wildman–Crippen MR) is 131 cm³/mol. The lowest BCUT2D eigenvalue weighted by Gasteiger charge is -2.30. The summed E-state index contributed by atoms with van der Waals surface area (Å²) >= 11 is 1.57. The van der Waals surface area contributed by atoms with Crippen LogP contribution in [0.1, 0.15) is 37.5 Å². The van der Waals surface area contributed by atoms with Crippen molar-refractivity contribution in [1.29, 1.82) is 0 Å². The Hall–Kier alpha value is -2.51. The monoisotopic (exact) mass is 468 g/mol. The topological polar surface area (TPSA) is 59.1 Å². The van der Waals surface area contributed by atoms with Crippen LogP contribution in [0.15, 0.2) is 53.4 Å². The SMILES string of the molecule is COc1ccc([C@H]2Sc3ccccc3N(CC(C)CN(C)C3CC3)C(=O)[C@H]2OC(C)=O)cc1. The molecule has 2 aliphatic rings. The third-order valence-electron chi connectivity index (χ3n) is 6.20. The second-order valence-electron chi connectivity index (χ2n) is 9.03. The van der Waals surface area contributed by atoms with Crippen LogP contribution in [0.3, 0.4) is 0 Å². The number of hydrogen-bond donors (Lipinski definition) is 0. The Morgan fingerprint density at radius 1 is 1.18 bits per heavy atom. The molecule has 1 heterocycles. The molecule has 4 rings (SSSR count). The van der Waals surface area contributed by atoms with Crippen LogP contribution in [-0.2, 0) is 14.3 Å². The Labute approximate surface area is 200 Å². The summed E-state index contributed by atoms with van der Waals surface area (Å²) in [6.45, 7) is 5.03. The maximum Gasteiger partial charge on any atom is 0.303 e. The number of fused-ring (bicyclic) bond motifs is 1. The minimum atomic E-state index is -0.915. The zero-order valence-corrected chi connectivity index (χ0v) is 20.5. The quantitative estimate of drug-likeness (QED) is 0.530. The Balaban J connectivity index is 1.67. The van der Waals surface area contributed by atoms with Crippen molar-refractivity contribution in [1.82, 2.24) is 4.90 Å². The van der Waals surface area contributed by atoms with Crippen LogP contribution in [0.5, 0.6) is 5.75 Å². The minimum absolute atomic E-state index is 0.176. The van der Waals surface area contributed by atoms with E-state index in [1.807, 2.05) is 53.4 Å². The van der Waals surface area contributed by atoms with Crippen LogP contribution in [0, 0.1) is 5.92 Å². The van der Waals surface area contributed by atoms with Crippen molar-refractivity contribution in [3.63, 3.8) is 0 Å². The van der Waals surface area contributed by atoms with Crippen LogP contribution in [0.4, 0.5) is 5.69 Å². The van der Waals surface area contributed by atoms with Crippen LogP contribution in [0.2, 0.25) is 0 Å². The van der Waals surface area contributed by atoms with Crippen LogP contribution >= 0.6 is 11.8 Å². The molecule has 0 N–H and O–H groups in total. The van der Waals surface area contributed by atoms with E-state index < -0.39 is 12.1 Å². The number of thioether (sulfide) groups is 1. The first kappa shape index (κ1) is 23.6. The van der Waals surface area contributed by atoms with Crippen LogP contribution in [0.25, 0.3) is 0 Å². The number of rotatable bonds is 8. The Morgan fingerprint density at radius 3 is 2.52 bits per heavy atom. The maximum absolute atomic E-state index is 13.9. The van der Waals surface area contributed by atoms with Gasteiger partial charge < -0.3 is 19.3 Å². The first-order valence-electron chi connectivity index (χ1n) is 11.5. The fourth-order valence-corrected chi connectivity index (χ4v) is 5.74. The van der Waals surface area contributed by atoms with Crippen LogP contribution < -0.4 is 9.64 Å². The first-order chi connectivity index (χ1) is 15.9. The van der Waals surface area contributed by atoms with Crippen molar-refractivity contribution in [2.75, 3.05) is 32.1 Å². The third-order valence-corrected chi connectivity index (χ3v) is 7.57. The summed E-state index contributed by atoms with van der Waals surface area (Å²) in [5.74, 6) is 0.376. The molecule has 1 aliphatic carbocycles. The number of nitrogens with zero attached hydrogens (tertiary/aromatic N) is 2. The maximum atomic E-state index is 13.9. The molecule has 0 aromatic heterocycles. The molecule has 1 aliphatic heterocycles. The molecule has 2 aromatic carbocycles. The first-order valence-corrected chi connectivity index (χ1v) is 12.3. The number of esters is 1. The van der Waals surface area contributed by atoms with Gasteiger partial charge in [-0.25, -0.2) is 0 Å². The van der Waals surface area contributed by atoms with E-state index in [0.29, 0.717) is 12.6 Å². The number of anilines is 1. The van der Waals surface area contributed by atoms with Gasteiger partial charge in [0, 0.05) is 31.0 Å². The molecule has 0 saturated heterocycles. The molecule has 1 fully saturated rings. The molecular formula is C26H32N2O4S. The number of carbonyl (C=O) groups excluding carboxylic acids is 2. The van der Waals surface area contributed by atoms with Crippen molar-refractivity contribution in [2.24, 2.45) is 5.92 Å². The number of methoxy groups -OCH3 is 1. The Bertz CT molecular complexity index is 992. The fraction of sp³-hybridized carbons (Fsp3) is 0.462. The van der Waals surface area contributed by atoms with Crippen molar-refractivity contribution in [3.05, 3.63) is 54.1 Å². The van der Waals surface area contributed by atoms with Gasteiger partial charge in [0.25, 0.3) is 5.91 Å². The zero-order valence-electron chi connectivity index (χ0n) is 19.7. The highest BCUT2D eigenvalue weighted by Gasteiger charge is 2.41. The highest BCUT2D eigenvalue weighted by atomic mass is 32.2. The number of benzene rings is 2. The molecule has 176 valence electrons. The lowest BCUT2D eigenvalue weighted by Crippen LogP contribution is -2.45. The van der Waals surface area contributed by atoms with E-state index in [1.54, 1.807) is 18.9 Å². The van der Waals surface area contributed by atoms with E-state index in [2.05, 4.69) is 18.9 Å². The Kier molecular flexibility index (Phi) is 7.29. The summed E-state index contributed by atoms with van der Waals surface area (Å²) < 4.78 is 11.0. The molecule has 0 spiro atoms. The molecule has 1 saturated carbocycles. The van der Waals surface area contributed by atoms with Gasteiger partial charge in [0.15, 0.2) is 6.10 Å². The van der Waals surface area contributed by atoms with Gasteiger partial charge in [0.05, 0.1) is 18.0 Å². The van der Waals surface area contributed by atoms with Crippen molar-refractivity contribution < 1.29 is 19.1 Å². The van der Waals surface area contributed by atoms with Gasteiger partial charge in [-0.15, -0.1) is 11.8 Å². The molecular weight excluding hydrogens is 436 g/mol. The van der Waals surface area contributed by atoms with Gasteiger partial charge in [-0.05, 0) is 55.6 Å². The summed E-state index contributed by atoms with van der Waals surface area (Å²) in [5.41, 5.74) is 1.79. The fourth-order valence-electron chi connectivity index (χ4n) is 4.42. The van der Waals surface area contributed by atoms with Gasteiger partial charge in [0.2, 0.25) is 0 Å². The Morgan fingerprint density at radius 2 is 1.88 bits per heavy atom. The molecule has 0 bridgehead atoms. The molecule has 6 nitrogen and oxygen atoms in total. The molecule has 3 atom stereocenters. The number of para-hydroxylation sites is 1. The lowest BCUT2D eigenvalue weighted by atomic mass is 10.0. The number of amides is 1. The summed E-state index contributed by atoms with van der Waals surface area (Å²) in [4.78, 5) is 31.2. The van der Waals surface area contributed by atoms with E-state index in [9.17, 15) is 9.59 Å². The smallest absolute Gasteiger partial charge is 0.303 e. The number of hydrogen-bond acceptors (Lipinski definition) is 6. The standard InChI is InChI=1S/C26H32N2O4S/c1-17(15-27(3)20-11-12-20)16-28-22-7-5-6-8-23(22)33-25(24(26(28)30)32-18(2)29)19-9-13-21(31-4)14-10-19/h5-10,13-14,17,20,24-25H,11-12,15-16H2,1-4H3/t17?,24-,25+/m0/s1. The second-order valence-corrected chi connectivity index (χ2v) is 10.2. The highest BCUT2D eigenvalue weighted by molar-refractivity contribution is 7.99. The van der Waals surface area contributed by atoms with Gasteiger partial charge in [-0.1, -0.05) is 31.2 Å². The second kappa shape index (κ2) is 10.2. The highest BCUT2D eigenvalue weighted by Crippen LogP contribution is 2.47. The third kappa shape index (κ3) is 5.53. The van der Waals surface area contributed by atoms with Gasteiger partial charge in [-0.2, -0.15) is 0 Å². The van der Waals surface area contributed by atoms with E-state index in [1.165, 1.54) is 19.8 Å². The van der Waals surface area contributed by atoms with E-state index in [4.69, 9.17) is 9.47 Å². The molecule has 0 radical (unpaired) electrons. The van der Waals surface area contributed by atoms with E-state index in [-0.39, 0.29) is 17.1 Å². The minimum Gasteiger partial charge on any atom is -0.497 e. The summed E-state index contributed by atoms with van der Waals surface area (Å²) in [6, 6.07) is 16.2. The average molecular weight is 469 g/mol. The molecule has 33 heavy (non-hydrogen) atoms. The van der Waals surface area contributed by atoms with Gasteiger partial charge in [-0.3, -0.25) is 9.59 Å². The normalized spacial score (nSPS) is 21.4. The summed E-state index contributed by atoms with van der Waals surface area (Å²) in [7, 11) is 3.78. The van der Waals surface area contributed by atoms with Crippen molar-refractivity contribution >= 4 is 29.3 Å². The molecule has 1 unspecified atom stereocenters. The molecule has 1 amide bonds. The summed E-state index contributed by atoms with van der Waals surface area (Å²) in [5, 5.41) is -0.358. The zero-order chi connectivity index (χ0) is 23.5. The summed E-state index contributed by atoms with van der Waals surface area (Å²) in [6.07, 6.45) is 1.59. The molecule has 7 heteroatoms. The lowest BCUT2D eigenvalue weighted by molar-refractivity contribution is -0.152. The predicted octanol–water partition coefficient (Wildman–Crippen LogP) is 4.54. The van der Waals surface area contributed by atoms with Crippen molar-refractivity contribution in [2.45, 2.75) is 49.0 Å².